The van der Waals surface area contributed by atoms with Crippen LogP contribution in [0, 0.1) is 13.8 Å². The summed E-state index contributed by atoms with van der Waals surface area (Å²) in [5, 5.41) is 12.7. The molecule has 0 aromatic carbocycles. The van der Waals surface area contributed by atoms with Gasteiger partial charge in [0, 0.05) is 36.9 Å². The van der Waals surface area contributed by atoms with Crippen molar-refractivity contribution in [3.05, 3.63) is 51.7 Å². The number of Topliss-reactive ketones (excluding diaryl/α,β-unsaturated/α-hetero) is 1. The lowest BCUT2D eigenvalue weighted by Gasteiger charge is -2.31. The van der Waals surface area contributed by atoms with Gasteiger partial charge in [0.2, 0.25) is 11.5 Å². The molecule has 2 aliphatic rings. The SMILES string of the molecule is CC1=CC(C)=[N+](C)C1=C1C(=O)C(c2c(C)cc(C)n2C)=C1[O-]. The smallest absolute Gasteiger partial charge is 0.219 e. The number of hydrogen-bond donors (Lipinski definition) is 0. The maximum absolute atomic E-state index is 12.7. The van der Waals surface area contributed by atoms with E-state index in [9.17, 15) is 9.90 Å². The zero-order valence-corrected chi connectivity index (χ0v) is 13.9. The van der Waals surface area contributed by atoms with Crippen LogP contribution in [0.4, 0.5) is 0 Å². The lowest BCUT2D eigenvalue weighted by Crippen LogP contribution is -2.33. The van der Waals surface area contributed by atoms with Gasteiger partial charge in [-0.25, -0.2) is 0 Å². The van der Waals surface area contributed by atoms with Gasteiger partial charge >= 0.3 is 0 Å². The third-order valence-corrected chi connectivity index (χ3v) is 4.71. The number of aromatic nitrogens is 1. The largest absolute Gasteiger partial charge is 0.871 e. The highest BCUT2D eigenvalue weighted by Gasteiger charge is 2.39. The van der Waals surface area contributed by atoms with Gasteiger partial charge in [-0.1, -0.05) is 5.76 Å². The maximum Gasteiger partial charge on any atom is 0.219 e. The molecule has 0 spiro atoms. The lowest BCUT2D eigenvalue weighted by atomic mass is 9.82. The first-order valence-electron chi connectivity index (χ1n) is 7.35. The normalized spacial score (nSPS) is 21.7. The van der Waals surface area contributed by atoms with Gasteiger partial charge in [0.05, 0.1) is 11.3 Å². The molecule has 3 rings (SSSR count). The van der Waals surface area contributed by atoms with E-state index in [-0.39, 0.29) is 11.5 Å². The molecule has 1 aromatic heterocycles. The zero-order valence-electron chi connectivity index (χ0n) is 13.9. The lowest BCUT2D eigenvalue weighted by molar-refractivity contribution is -0.437. The predicted molar refractivity (Wildman–Crippen MR) is 84.5 cm³/mol. The Bertz CT molecular complexity index is 858. The standard InChI is InChI=1S/C18H20N2O2/c1-9-7-11(3)19(5)15(9)13-17(21)14(18(13)22)16-10(2)8-12(4)20(16)6/h7-8H,1-6H3. The van der Waals surface area contributed by atoms with Gasteiger partial charge in [-0.05, 0) is 32.4 Å². The number of carbonyl (C=O) groups is 1. The summed E-state index contributed by atoms with van der Waals surface area (Å²) in [5.41, 5.74) is 6.16. The van der Waals surface area contributed by atoms with Crippen LogP contribution in [0.2, 0.25) is 0 Å². The van der Waals surface area contributed by atoms with E-state index in [1.165, 1.54) is 0 Å². The van der Waals surface area contributed by atoms with Crippen LogP contribution in [0.25, 0.3) is 5.57 Å². The van der Waals surface area contributed by atoms with E-state index in [1.807, 2.05) is 63.1 Å². The van der Waals surface area contributed by atoms with Crippen molar-refractivity contribution in [2.75, 3.05) is 7.05 Å². The van der Waals surface area contributed by atoms with E-state index < -0.39 is 0 Å². The summed E-state index contributed by atoms with van der Waals surface area (Å²) in [6, 6.07) is 2.00. The fraction of sp³-hybridized carbons (Fsp3) is 0.333. The molecule has 0 unspecified atom stereocenters. The molecule has 0 radical (unpaired) electrons. The van der Waals surface area contributed by atoms with Crippen molar-refractivity contribution < 1.29 is 14.5 Å². The Morgan fingerprint density at radius 3 is 2.18 bits per heavy atom. The third kappa shape index (κ3) is 1.70. The molecule has 0 N–H and O–H groups in total. The van der Waals surface area contributed by atoms with Crippen LogP contribution in [0.1, 0.15) is 30.8 Å². The molecule has 0 saturated carbocycles. The third-order valence-electron chi connectivity index (χ3n) is 4.71. The van der Waals surface area contributed by atoms with E-state index in [4.69, 9.17) is 0 Å². The van der Waals surface area contributed by atoms with Crippen LogP contribution in [-0.4, -0.2) is 27.7 Å². The Morgan fingerprint density at radius 2 is 1.77 bits per heavy atom. The van der Waals surface area contributed by atoms with Gasteiger partial charge < -0.3 is 9.67 Å². The summed E-state index contributed by atoms with van der Waals surface area (Å²) in [6.07, 6.45) is 2.00. The Kier molecular flexibility index (Phi) is 3.02. The average molecular weight is 296 g/mol. The second-order valence-electron chi connectivity index (χ2n) is 6.16. The Balaban J connectivity index is 2.22. The van der Waals surface area contributed by atoms with Gasteiger partial charge in [-0.2, -0.15) is 4.58 Å². The average Bonchev–Trinajstić information content (AvgIpc) is 2.83. The van der Waals surface area contributed by atoms with Crippen LogP contribution >= 0.6 is 0 Å². The van der Waals surface area contributed by atoms with Crippen LogP contribution in [-0.2, 0) is 11.8 Å². The number of nitrogens with zero attached hydrogens (tertiary/aromatic N) is 2. The highest BCUT2D eigenvalue weighted by molar-refractivity contribution is 6.39. The minimum atomic E-state index is -0.140. The van der Waals surface area contributed by atoms with Crippen molar-refractivity contribution in [1.82, 2.24) is 4.57 Å². The Hall–Kier alpha value is -2.36. The molecular formula is C18H20N2O2. The van der Waals surface area contributed by atoms with E-state index in [1.54, 1.807) is 0 Å². The molecule has 2 heterocycles. The first kappa shape index (κ1) is 14.6. The zero-order chi connectivity index (χ0) is 16.3. The van der Waals surface area contributed by atoms with Gasteiger partial charge in [-0.15, -0.1) is 0 Å². The van der Waals surface area contributed by atoms with Crippen molar-refractivity contribution in [1.29, 1.82) is 0 Å². The van der Waals surface area contributed by atoms with Crippen molar-refractivity contribution in [2.24, 2.45) is 7.05 Å². The maximum atomic E-state index is 12.7. The first-order chi connectivity index (χ1) is 10.3. The molecule has 22 heavy (non-hydrogen) atoms. The van der Waals surface area contributed by atoms with Gasteiger partial charge in [0.15, 0.2) is 5.71 Å². The minimum Gasteiger partial charge on any atom is -0.871 e. The number of allylic oxidation sites excluding steroid dienone is 4. The quantitative estimate of drug-likeness (QED) is 0.584. The molecule has 4 heteroatoms. The van der Waals surface area contributed by atoms with E-state index in [0.717, 1.165) is 33.9 Å². The highest BCUT2D eigenvalue weighted by Crippen LogP contribution is 2.40. The van der Waals surface area contributed by atoms with Crippen LogP contribution in [0.15, 0.2) is 34.7 Å². The summed E-state index contributed by atoms with van der Waals surface area (Å²) >= 11 is 0. The van der Waals surface area contributed by atoms with Crippen molar-refractivity contribution in [2.45, 2.75) is 27.7 Å². The predicted octanol–water partition coefficient (Wildman–Crippen LogP) is 1.61. The van der Waals surface area contributed by atoms with Crippen LogP contribution < -0.4 is 5.11 Å². The van der Waals surface area contributed by atoms with Gasteiger partial charge in [-0.3, -0.25) is 4.79 Å². The number of hydrogen-bond acceptors (Lipinski definition) is 2. The number of rotatable bonds is 1. The monoisotopic (exact) mass is 296 g/mol. The van der Waals surface area contributed by atoms with E-state index in [0.29, 0.717) is 11.1 Å². The van der Waals surface area contributed by atoms with Crippen LogP contribution in [0.5, 0.6) is 0 Å². The summed E-state index contributed by atoms with van der Waals surface area (Å²) in [6.45, 7) is 7.82. The molecule has 4 nitrogen and oxygen atoms in total. The molecule has 1 aliphatic carbocycles. The minimum absolute atomic E-state index is 0.140. The van der Waals surface area contributed by atoms with Crippen molar-refractivity contribution in [3.63, 3.8) is 0 Å². The topological polar surface area (TPSA) is 48.1 Å². The summed E-state index contributed by atoms with van der Waals surface area (Å²) in [4.78, 5) is 12.7. The van der Waals surface area contributed by atoms with E-state index >= 15 is 0 Å². The molecule has 0 atom stereocenters. The second kappa shape index (κ2) is 4.57. The number of ketones is 1. The number of likely N-dealkylation sites (N-methyl/N-ethyl adjacent to an activating group) is 1. The fourth-order valence-corrected chi connectivity index (χ4v) is 3.39. The summed E-state index contributed by atoms with van der Waals surface area (Å²) in [7, 11) is 3.78. The number of aryl methyl sites for hydroxylation is 2. The van der Waals surface area contributed by atoms with E-state index in [2.05, 4.69) is 0 Å². The Labute approximate surface area is 130 Å². The fourth-order valence-electron chi connectivity index (χ4n) is 3.39. The van der Waals surface area contributed by atoms with Crippen molar-refractivity contribution in [3.8, 4) is 0 Å². The molecule has 1 aliphatic heterocycles. The summed E-state index contributed by atoms with van der Waals surface area (Å²) in [5.74, 6) is -0.280. The molecule has 0 saturated heterocycles. The molecule has 1 aromatic rings. The Morgan fingerprint density at radius 1 is 1.14 bits per heavy atom. The van der Waals surface area contributed by atoms with Crippen molar-refractivity contribution >= 4 is 17.1 Å². The molecule has 0 fully saturated rings. The van der Waals surface area contributed by atoms with Gasteiger partial charge in [0.25, 0.3) is 0 Å². The molecule has 0 amide bonds. The first-order valence-corrected chi connectivity index (χ1v) is 7.35. The second-order valence-corrected chi connectivity index (χ2v) is 6.16. The molecular weight excluding hydrogens is 276 g/mol. The summed E-state index contributed by atoms with van der Waals surface area (Å²) < 4.78 is 3.83. The van der Waals surface area contributed by atoms with Gasteiger partial charge in [0.1, 0.15) is 7.05 Å². The molecule has 0 bridgehead atoms. The van der Waals surface area contributed by atoms with Crippen LogP contribution in [0.3, 0.4) is 0 Å². The molecule has 114 valence electrons. The highest BCUT2D eigenvalue weighted by atomic mass is 16.3. The number of carbonyl (C=O) groups excluding carboxylic acids is 1.